The molecule has 0 amide bonds. The summed E-state index contributed by atoms with van der Waals surface area (Å²) < 4.78 is 70.9. The van der Waals surface area contributed by atoms with Crippen LogP contribution in [0.5, 0.6) is 0 Å². The summed E-state index contributed by atoms with van der Waals surface area (Å²) in [4.78, 5) is 7.69. The molecule has 0 aliphatic rings. The van der Waals surface area contributed by atoms with Gasteiger partial charge in [0.05, 0.1) is 31.8 Å². The molecule has 31 heavy (non-hydrogen) atoms. The second kappa shape index (κ2) is 8.17. The van der Waals surface area contributed by atoms with Gasteiger partial charge in [0.15, 0.2) is 0 Å². The van der Waals surface area contributed by atoms with Gasteiger partial charge in [0.1, 0.15) is 40.7 Å². The molecule has 7 nitrogen and oxygen atoms in total. The molecule has 3 aromatic rings. The zero-order chi connectivity index (χ0) is 23.1. The minimum atomic E-state index is -4.65. The van der Waals surface area contributed by atoms with Crippen LogP contribution in [-0.4, -0.2) is 59.0 Å². The van der Waals surface area contributed by atoms with Crippen molar-refractivity contribution in [3.63, 3.8) is 0 Å². The fourth-order valence-corrected chi connectivity index (χ4v) is 3.32. The number of aromatic nitrogens is 4. The zero-order valence-electron chi connectivity index (χ0n) is 16.8. The first-order chi connectivity index (χ1) is 14.4. The lowest BCUT2D eigenvalue weighted by Crippen LogP contribution is -2.44. The lowest BCUT2D eigenvalue weighted by molar-refractivity contribution is -0.138. The van der Waals surface area contributed by atoms with Crippen LogP contribution in [-0.2, 0) is 0 Å². The van der Waals surface area contributed by atoms with Crippen molar-refractivity contribution in [1.29, 1.82) is 0 Å². The average molecular weight is 465 g/mol. The van der Waals surface area contributed by atoms with Gasteiger partial charge < -0.3 is 11.1 Å². The lowest BCUT2D eigenvalue weighted by atomic mass is 10.0. The molecule has 3 rings (SSSR count). The fraction of sp³-hybridized carbons (Fsp3) is 0.389. The maximum atomic E-state index is 15.2. The normalized spacial score (nSPS) is 13.6. The number of alkyl halides is 3. The standard InChI is InChI=1S/C18H20ClF5N7/c1-9(18(22,23)24)28-16-14(15(19)29-17-26-8-27-30(16)17)13-11(20)6-10(7-12(13)21)31(2,3)5-4-25/h6-9,28H,4-5,25H2,1-3H3/q+1/t9-/m0/s1. The third-order valence-electron chi connectivity index (χ3n) is 4.89. The molecule has 1 atom stereocenters. The first kappa shape index (κ1) is 23.1. The van der Waals surface area contributed by atoms with Crippen LogP contribution in [0.25, 0.3) is 16.9 Å². The molecule has 0 spiro atoms. The number of fused-ring (bicyclic) bond motifs is 1. The molecule has 13 heteroatoms. The van der Waals surface area contributed by atoms with Crippen molar-refractivity contribution >= 4 is 28.9 Å². The summed E-state index contributed by atoms with van der Waals surface area (Å²) in [6.07, 6.45) is -3.61. The Morgan fingerprint density at radius 2 is 1.81 bits per heavy atom. The minimum Gasteiger partial charge on any atom is -0.358 e. The van der Waals surface area contributed by atoms with Crippen LogP contribution in [0.3, 0.4) is 0 Å². The summed E-state index contributed by atoms with van der Waals surface area (Å²) in [6, 6.07) is 0.0995. The Labute approximate surface area is 179 Å². The van der Waals surface area contributed by atoms with E-state index >= 15 is 8.78 Å². The highest BCUT2D eigenvalue weighted by atomic mass is 35.5. The van der Waals surface area contributed by atoms with Gasteiger partial charge in [-0.1, -0.05) is 11.6 Å². The Morgan fingerprint density at radius 1 is 1.19 bits per heavy atom. The topological polar surface area (TPSA) is 81.1 Å². The maximum absolute atomic E-state index is 15.2. The molecule has 0 aliphatic heterocycles. The number of likely N-dealkylation sites (N-methyl/N-ethyl adjacent to an activating group) is 1. The van der Waals surface area contributed by atoms with Gasteiger partial charge in [-0.25, -0.2) is 8.78 Å². The number of nitrogens with zero attached hydrogens (tertiary/aromatic N) is 5. The third kappa shape index (κ3) is 4.41. The number of hydrogen-bond acceptors (Lipinski definition) is 5. The van der Waals surface area contributed by atoms with Crippen LogP contribution in [0.2, 0.25) is 5.15 Å². The van der Waals surface area contributed by atoms with Gasteiger partial charge >= 0.3 is 6.18 Å². The number of nitrogens with two attached hydrogens (primary N) is 1. The van der Waals surface area contributed by atoms with E-state index in [0.717, 1.165) is 29.9 Å². The van der Waals surface area contributed by atoms with Crippen molar-refractivity contribution in [3.05, 3.63) is 35.2 Å². The van der Waals surface area contributed by atoms with Gasteiger partial charge in [-0.2, -0.15) is 32.8 Å². The summed E-state index contributed by atoms with van der Waals surface area (Å²) >= 11 is 6.15. The predicted molar refractivity (Wildman–Crippen MR) is 108 cm³/mol. The second-order valence-electron chi connectivity index (χ2n) is 7.49. The molecule has 3 N–H and O–H groups in total. The molecule has 1 aromatic carbocycles. The van der Waals surface area contributed by atoms with E-state index in [9.17, 15) is 13.2 Å². The van der Waals surface area contributed by atoms with Gasteiger partial charge in [-0.3, -0.25) is 4.48 Å². The number of halogens is 6. The molecular formula is C18H20ClF5N7+. The Bertz CT molecular complexity index is 1090. The molecule has 0 saturated carbocycles. The van der Waals surface area contributed by atoms with E-state index in [1.807, 2.05) is 0 Å². The van der Waals surface area contributed by atoms with E-state index in [-0.39, 0.29) is 22.5 Å². The molecule has 0 radical (unpaired) electrons. The second-order valence-corrected chi connectivity index (χ2v) is 7.85. The van der Waals surface area contributed by atoms with Crippen molar-refractivity contribution in [2.45, 2.75) is 19.1 Å². The summed E-state index contributed by atoms with van der Waals surface area (Å²) in [5.74, 6) is -2.57. The molecule has 0 aliphatic carbocycles. The van der Waals surface area contributed by atoms with E-state index in [0.29, 0.717) is 6.54 Å². The van der Waals surface area contributed by atoms with Gasteiger partial charge in [-0.05, 0) is 6.92 Å². The number of nitrogens with one attached hydrogen (secondary N) is 1. The van der Waals surface area contributed by atoms with Crippen molar-refractivity contribution in [3.8, 4) is 11.1 Å². The maximum Gasteiger partial charge on any atom is 0.408 e. The number of benzene rings is 1. The van der Waals surface area contributed by atoms with Crippen LogP contribution in [0, 0.1) is 11.6 Å². The largest absolute Gasteiger partial charge is 0.408 e. The predicted octanol–water partition coefficient (Wildman–Crippen LogP) is 3.61. The molecule has 0 unspecified atom stereocenters. The van der Waals surface area contributed by atoms with Gasteiger partial charge in [0, 0.05) is 18.7 Å². The summed E-state index contributed by atoms with van der Waals surface area (Å²) in [6.45, 7) is 1.53. The molecule has 0 fully saturated rings. The van der Waals surface area contributed by atoms with Crippen molar-refractivity contribution in [2.24, 2.45) is 5.73 Å². The number of hydrogen-bond donors (Lipinski definition) is 2. The number of rotatable bonds is 6. The summed E-state index contributed by atoms with van der Waals surface area (Å²) in [7, 11) is 3.43. The highest BCUT2D eigenvalue weighted by Crippen LogP contribution is 2.40. The van der Waals surface area contributed by atoms with Gasteiger partial charge in [-0.15, -0.1) is 0 Å². The Hall–Kier alpha value is -2.57. The van der Waals surface area contributed by atoms with Gasteiger partial charge in [0.25, 0.3) is 5.78 Å². The lowest BCUT2D eigenvalue weighted by Gasteiger charge is -2.29. The van der Waals surface area contributed by atoms with Crippen LogP contribution in [0.15, 0.2) is 18.5 Å². The van der Waals surface area contributed by atoms with E-state index < -0.39 is 46.0 Å². The third-order valence-corrected chi connectivity index (χ3v) is 5.16. The smallest absolute Gasteiger partial charge is 0.358 e. The van der Waals surface area contributed by atoms with Crippen LogP contribution >= 0.6 is 11.6 Å². The zero-order valence-corrected chi connectivity index (χ0v) is 17.6. The fourth-order valence-electron chi connectivity index (χ4n) is 3.06. The number of anilines is 1. The van der Waals surface area contributed by atoms with Crippen LogP contribution in [0.1, 0.15) is 6.92 Å². The quantitative estimate of drug-likeness (QED) is 0.331. The molecular weight excluding hydrogens is 445 g/mol. The van der Waals surface area contributed by atoms with E-state index in [1.165, 1.54) is 0 Å². The first-order valence-electron chi connectivity index (χ1n) is 9.12. The molecule has 2 heterocycles. The van der Waals surface area contributed by atoms with E-state index in [4.69, 9.17) is 17.3 Å². The van der Waals surface area contributed by atoms with Gasteiger partial charge in [0.2, 0.25) is 0 Å². The van der Waals surface area contributed by atoms with E-state index in [2.05, 4.69) is 20.4 Å². The van der Waals surface area contributed by atoms with E-state index in [1.54, 1.807) is 14.1 Å². The molecule has 168 valence electrons. The first-order valence-corrected chi connectivity index (χ1v) is 9.50. The highest BCUT2D eigenvalue weighted by Gasteiger charge is 2.38. The van der Waals surface area contributed by atoms with Crippen molar-refractivity contribution in [2.75, 3.05) is 32.5 Å². The van der Waals surface area contributed by atoms with Crippen molar-refractivity contribution in [1.82, 2.24) is 24.1 Å². The SMILES string of the molecule is C[C@H](Nc1c(-c2c(F)cc([N+](C)(C)CCN)cc2F)c(Cl)nc2ncnn12)C(F)(F)F. The van der Waals surface area contributed by atoms with Crippen molar-refractivity contribution < 1.29 is 22.0 Å². The Morgan fingerprint density at radius 3 is 2.35 bits per heavy atom. The summed E-state index contributed by atoms with van der Waals surface area (Å²) in [5, 5.41) is 5.58. The summed E-state index contributed by atoms with van der Waals surface area (Å²) in [5.41, 5.74) is 4.82. The highest BCUT2D eigenvalue weighted by molar-refractivity contribution is 6.33. The Kier molecular flexibility index (Phi) is 6.09. The minimum absolute atomic E-state index is 0.0922. The Balaban J connectivity index is 2.25. The van der Waals surface area contributed by atoms with Crippen LogP contribution in [0.4, 0.5) is 33.5 Å². The average Bonchev–Trinajstić information content (AvgIpc) is 3.10. The molecule has 0 saturated heterocycles. The van der Waals surface area contributed by atoms with Crippen LogP contribution < -0.4 is 15.5 Å². The molecule has 2 aromatic heterocycles. The number of quaternary nitrogens is 1. The molecule has 0 bridgehead atoms. The monoisotopic (exact) mass is 464 g/mol.